The molecule has 1 N–H and O–H groups in total. The van der Waals surface area contributed by atoms with Gasteiger partial charge in [0.1, 0.15) is 0 Å². The maximum atomic E-state index is 4.43. The van der Waals surface area contributed by atoms with E-state index in [0.717, 1.165) is 24.3 Å². The molecule has 3 nitrogen and oxygen atoms in total. The third-order valence-electron chi connectivity index (χ3n) is 3.01. The van der Waals surface area contributed by atoms with E-state index < -0.39 is 0 Å². The standard InChI is InChI=1S/C13H15N3/c1-10-6-8-16(15-10)12-4-5-13-11(9-12)3-2-7-14-13/h4-6,8-9,14H,2-3,7H2,1H3. The Bertz CT molecular complexity index is 514. The molecule has 0 saturated carbocycles. The van der Waals surface area contributed by atoms with Crippen molar-refractivity contribution in [1.29, 1.82) is 0 Å². The highest BCUT2D eigenvalue weighted by Crippen LogP contribution is 2.24. The summed E-state index contributed by atoms with van der Waals surface area (Å²) in [5.74, 6) is 0. The number of aromatic nitrogens is 2. The van der Waals surface area contributed by atoms with Crippen LogP contribution in [-0.2, 0) is 6.42 Å². The van der Waals surface area contributed by atoms with E-state index >= 15 is 0 Å². The van der Waals surface area contributed by atoms with E-state index in [1.807, 2.05) is 23.9 Å². The van der Waals surface area contributed by atoms with Crippen molar-refractivity contribution in [3.05, 3.63) is 41.7 Å². The van der Waals surface area contributed by atoms with Gasteiger partial charge in [-0.3, -0.25) is 0 Å². The normalized spacial score (nSPS) is 14.3. The second-order valence-corrected chi connectivity index (χ2v) is 4.27. The molecule has 16 heavy (non-hydrogen) atoms. The molecule has 0 aliphatic carbocycles. The SMILES string of the molecule is Cc1ccn(-c2ccc3c(c2)CCCN3)n1. The molecule has 1 aliphatic heterocycles. The van der Waals surface area contributed by atoms with Gasteiger partial charge >= 0.3 is 0 Å². The number of rotatable bonds is 1. The summed E-state index contributed by atoms with van der Waals surface area (Å²) in [4.78, 5) is 0. The Balaban J connectivity index is 2.02. The topological polar surface area (TPSA) is 29.9 Å². The van der Waals surface area contributed by atoms with Crippen molar-refractivity contribution >= 4 is 5.69 Å². The molecule has 1 aromatic carbocycles. The van der Waals surface area contributed by atoms with E-state index in [1.165, 1.54) is 17.7 Å². The van der Waals surface area contributed by atoms with Gasteiger partial charge in [-0.05, 0) is 49.6 Å². The van der Waals surface area contributed by atoms with Crippen molar-refractivity contribution in [3.8, 4) is 5.69 Å². The van der Waals surface area contributed by atoms with Crippen molar-refractivity contribution in [3.63, 3.8) is 0 Å². The molecule has 0 amide bonds. The largest absolute Gasteiger partial charge is 0.385 e. The minimum atomic E-state index is 1.05. The zero-order chi connectivity index (χ0) is 11.0. The molecule has 3 rings (SSSR count). The molecule has 0 radical (unpaired) electrons. The van der Waals surface area contributed by atoms with E-state index in [-0.39, 0.29) is 0 Å². The minimum absolute atomic E-state index is 1.05. The number of aryl methyl sites for hydroxylation is 2. The van der Waals surface area contributed by atoms with Gasteiger partial charge in [0.25, 0.3) is 0 Å². The van der Waals surface area contributed by atoms with Gasteiger partial charge in [-0.2, -0.15) is 5.10 Å². The molecular weight excluding hydrogens is 198 g/mol. The first-order chi connectivity index (χ1) is 7.83. The Morgan fingerprint density at radius 1 is 1.31 bits per heavy atom. The third kappa shape index (κ3) is 1.58. The molecule has 0 spiro atoms. The number of nitrogens with one attached hydrogen (secondary N) is 1. The first-order valence-electron chi connectivity index (χ1n) is 5.72. The summed E-state index contributed by atoms with van der Waals surface area (Å²) < 4.78 is 1.93. The molecule has 0 bridgehead atoms. The average molecular weight is 213 g/mol. The van der Waals surface area contributed by atoms with Gasteiger partial charge in [0, 0.05) is 18.4 Å². The highest BCUT2D eigenvalue weighted by atomic mass is 15.3. The summed E-state index contributed by atoms with van der Waals surface area (Å²) in [7, 11) is 0. The van der Waals surface area contributed by atoms with Gasteiger partial charge in [-0.15, -0.1) is 0 Å². The van der Waals surface area contributed by atoms with Gasteiger partial charge < -0.3 is 5.32 Å². The second kappa shape index (κ2) is 3.67. The molecule has 0 unspecified atom stereocenters. The summed E-state index contributed by atoms with van der Waals surface area (Å²) in [6.07, 6.45) is 4.39. The Morgan fingerprint density at radius 2 is 2.25 bits per heavy atom. The molecule has 1 aliphatic rings. The van der Waals surface area contributed by atoms with Crippen LogP contribution in [0.3, 0.4) is 0 Å². The maximum absolute atomic E-state index is 4.43. The van der Waals surface area contributed by atoms with Crippen LogP contribution in [0.2, 0.25) is 0 Å². The van der Waals surface area contributed by atoms with Crippen molar-refractivity contribution in [1.82, 2.24) is 9.78 Å². The summed E-state index contributed by atoms with van der Waals surface area (Å²) in [5.41, 5.74) is 4.88. The van der Waals surface area contributed by atoms with Gasteiger partial charge in [0.2, 0.25) is 0 Å². The summed E-state index contributed by atoms with van der Waals surface area (Å²) in [5, 5.41) is 7.84. The Labute approximate surface area is 95.1 Å². The monoisotopic (exact) mass is 213 g/mol. The van der Waals surface area contributed by atoms with E-state index in [1.54, 1.807) is 0 Å². The number of anilines is 1. The predicted octanol–water partition coefficient (Wildman–Crippen LogP) is 2.54. The van der Waals surface area contributed by atoms with Crippen LogP contribution in [0.15, 0.2) is 30.5 Å². The first-order valence-corrected chi connectivity index (χ1v) is 5.72. The Hall–Kier alpha value is -1.77. The zero-order valence-corrected chi connectivity index (χ0v) is 9.40. The molecule has 0 fully saturated rings. The quantitative estimate of drug-likeness (QED) is 0.789. The molecule has 3 heteroatoms. The van der Waals surface area contributed by atoms with Crippen LogP contribution >= 0.6 is 0 Å². The fraction of sp³-hybridized carbons (Fsp3) is 0.308. The fourth-order valence-electron chi connectivity index (χ4n) is 2.16. The van der Waals surface area contributed by atoms with Crippen LogP contribution in [0.4, 0.5) is 5.69 Å². The van der Waals surface area contributed by atoms with E-state index in [4.69, 9.17) is 0 Å². The van der Waals surface area contributed by atoms with Crippen LogP contribution < -0.4 is 5.32 Å². The van der Waals surface area contributed by atoms with Crippen LogP contribution in [0, 0.1) is 6.92 Å². The number of hydrogen-bond acceptors (Lipinski definition) is 2. The van der Waals surface area contributed by atoms with Crippen molar-refractivity contribution in [2.24, 2.45) is 0 Å². The van der Waals surface area contributed by atoms with Gasteiger partial charge in [0.05, 0.1) is 11.4 Å². The number of hydrogen-bond donors (Lipinski definition) is 1. The molecule has 2 heterocycles. The summed E-state index contributed by atoms with van der Waals surface area (Å²) in [6.45, 7) is 3.10. The lowest BCUT2D eigenvalue weighted by Gasteiger charge is -2.18. The number of nitrogens with zero attached hydrogens (tertiary/aromatic N) is 2. The summed E-state index contributed by atoms with van der Waals surface area (Å²) >= 11 is 0. The second-order valence-electron chi connectivity index (χ2n) is 4.27. The van der Waals surface area contributed by atoms with Gasteiger partial charge in [0.15, 0.2) is 0 Å². The predicted molar refractivity (Wildman–Crippen MR) is 65.1 cm³/mol. The average Bonchev–Trinajstić information content (AvgIpc) is 2.75. The number of fused-ring (bicyclic) bond motifs is 1. The van der Waals surface area contributed by atoms with E-state index in [0.29, 0.717) is 0 Å². The van der Waals surface area contributed by atoms with Crippen molar-refractivity contribution in [2.45, 2.75) is 19.8 Å². The Kier molecular flexibility index (Phi) is 2.17. The van der Waals surface area contributed by atoms with Gasteiger partial charge in [-0.25, -0.2) is 4.68 Å². The third-order valence-corrected chi connectivity index (χ3v) is 3.01. The van der Waals surface area contributed by atoms with Crippen LogP contribution in [-0.4, -0.2) is 16.3 Å². The van der Waals surface area contributed by atoms with Crippen LogP contribution in [0.25, 0.3) is 5.69 Å². The lowest BCUT2D eigenvalue weighted by Crippen LogP contribution is -2.12. The molecule has 0 saturated heterocycles. The molecule has 2 aromatic rings. The molecule has 82 valence electrons. The zero-order valence-electron chi connectivity index (χ0n) is 9.40. The van der Waals surface area contributed by atoms with Crippen molar-refractivity contribution < 1.29 is 0 Å². The smallest absolute Gasteiger partial charge is 0.0649 e. The highest BCUT2D eigenvalue weighted by Gasteiger charge is 2.09. The highest BCUT2D eigenvalue weighted by molar-refractivity contribution is 5.57. The lowest BCUT2D eigenvalue weighted by molar-refractivity contribution is 0.818. The Morgan fingerprint density at radius 3 is 3.06 bits per heavy atom. The van der Waals surface area contributed by atoms with Gasteiger partial charge in [-0.1, -0.05) is 0 Å². The fourth-order valence-corrected chi connectivity index (χ4v) is 2.16. The summed E-state index contributed by atoms with van der Waals surface area (Å²) in [6, 6.07) is 8.52. The lowest BCUT2D eigenvalue weighted by atomic mass is 10.0. The molecule has 0 atom stereocenters. The minimum Gasteiger partial charge on any atom is -0.385 e. The van der Waals surface area contributed by atoms with E-state index in [2.05, 4.69) is 28.6 Å². The van der Waals surface area contributed by atoms with E-state index in [9.17, 15) is 0 Å². The maximum Gasteiger partial charge on any atom is 0.0649 e. The molecular formula is C13H15N3. The van der Waals surface area contributed by atoms with Crippen LogP contribution in [0.1, 0.15) is 17.7 Å². The van der Waals surface area contributed by atoms with Crippen LogP contribution in [0.5, 0.6) is 0 Å². The first kappa shape index (κ1) is 9.46. The molecule has 1 aromatic heterocycles. The van der Waals surface area contributed by atoms with Crippen molar-refractivity contribution in [2.75, 3.05) is 11.9 Å². The number of benzene rings is 1.